The highest BCUT2D eigenvalue weighted by Gasteiger charge is 2.37. The molecule has 1 aromatic carbocycles. The molecule has 12 heteroatoms. The first-order valence-electron chi connectivity index (χ1n) is 6.76. The predicted molar refractivity (Wildman–Crippen MR) is 87.0 cm³/mol. The lowest BCUT2D eigenvalue weighted by atomic mass is 10.0. The summed E-state index contributed by atoms with van der Waals surface area (Å²) in [6.07, 6.45) is -9.77. The number of hydrogen-bond acceptors (Lipinski definition) is 6. The molecule has 0 N–H and O–H groups in total. The summed E-state index contributed by atoms with van der Waals surface area (Å²) in [6, 6.07) is 1.44. The maximum Gasteiger partial charge on any atom is 0.416 e. The van der Waals surface area contributed by atoms with Crippen molar-refractivity contribution in [3.05, 3.63) is 45.2 Å². The van der Waals surface area contributed by atoms with Crippen LogP contribution in [-0.4, -0.2) is 15.2 Å². The maximum absolute atomic E-state index is 12.9. The number of thioether (sulfide) groups is 1. The number of thiazole rings is 1. The van der Waals surface area contributed by atoms with Crippen LogP contribution in [0.4, 0.5) is 26.3 Å². The number of benzene rings is 1. The third kappa shape index (κ3) is 4.54. The van der Waals surface area contributed by atoms with Gasteiger partial charge in [-0.1, -0.05) is 11.8 Å². The minimum Gasteiger partial charge on any atom is -0.230 e. The Morgan fingerprint density at radius 1 is 0.923 bits per heavy atom. The lowest BCUT2D eigenvalue weighted by Gasteiger charge is -2.13. The second kappa shape index (κ2) is 7.16. The summed E-state index contributed by atoms with van der Waals surface area (Å²) in [6.45, 7) is 0. The van der Waals surface area contributed by atoms with Gasteiger partial charge in [-0.25, -0.2) is 4.98 Å². The van der Waals surface area contributed by atoms with E-state index in [4.69, 9.17) is 0 Å². The van der Waals surface area contributed by atoms with Crippen LogP contribution in [0.5, 0.6) is 0 Å². The second-order valence-corrected chi connectivity index (χ2v) is 7.91. The molecule has 0 bridgehead atoms. The number of halogens is 6. The fraction of sp³-hybridized carbons (Fsp3) is 0.214. The molecule has 0 saturated carbocycles. The summed E-state index contributed by atoms with van der Waals surface area (Å²) in [7, 11) is 0. The SMILES string of the molecule is FC(F)(F)c1cc(-c2csc(SCc3nncs3)n2)cc(C(F)(F)F)c1. The highest BCUT2D eigenvalue weighted by atomic mass is 32.2. The highest BCUT2D eigenvalue weighted by molar-refractivity contribution is 8.00. The Bertz CT molecular complexity index is 854. The molecular weight excluding hydrogens is 420 g/mol. The molecule has 2 aromatic heterocycles. The summed E-state index contributed by atoms with van der Waals surface area (Å²) >= 11 is 3.76. The Labute approximate surface area is 155 Å². The van der Waals surface area contributed by atoms with Crippen molar-refractivity contribution in [2.75, 3.05) is 0 Å². The van der Waals surface area contributed by atoms with Crippen molar-refractivity contribution in [3.63, 3.8) is 0 Å². The van der Waals surface area contributed by atoms with E-state index in [0.29, 0.717) is 22.2 Å². The first-order valence-corrected chi connectivity index (χ1v) is 9.50. The van der Waals surface area contributed by atoms with Crippen molar-refractivity contribution in [1.29, 1.82) is 0 Å². The summed E-state index contributed by atoms with van der Waals surface area (Å²) in [5.41, 5.74) is -1.33. The third-order valence-electron chi connectivity index (χ3n) is 3.09. The van der Waals surface area contributed by atoms with Crippen LogP contribution in [0, 0.1) is 0 Å². The smallest absolute Gasteiger partial charge is 0.230 e. The molecule has 0 unspecified atom stereocenters. The van der Waals surface area contributed by atoms with Crippen LogP contribution in [0.25, 0.3) is 11.3 Å². The molecule has 2 heterocycles. The molecule has 3 nitrogen and oxygen atoms in total. The van der Waals surface area contributed by atoms with E-state index in [1.807, 2.05) is 0 Å². The van der Waals surface area contributed by atoms with Crippen molar-refractivity contribution >= 4 is 34.4 Å². The van der Waals surface area contributed by atoms with Gasteiger partial charge >= 0.3 is 12.4 Å². The second-order valence-electron chi connectivity index (χ2n) is 4.91. The maximum atomic E-state index is 12.9. The fourth-order valence-electron chi connectivity index (χ4n) is 1.94. The van der Waals surface area contributed by atoms with Crippen molar-refractivity contribution in [1.82, 2.24) is 15.2 Å². The highest BCUT2D eigenvalue weighted by Crippen LogP contribution is 2.39. The molecule has 0 aliphatic rings. The fourth-order valence-corrected chi connectivity index (χ4v) is 4.31. The summed E-state index contributed by atoms with van der Waals surface area (Å²) in [5.74, 6) is 0.466. The largest absolute Gasteiger partial charge is 0.416 e. The van der Waals surface area contributed by atoms with Crippen LogP contribution < -0.4 is 0 Å². The zero-order valence-electron chi connectivity index (χ0n) is 12.4. The molecule has 0 aliphatic carbocycles. The van der Waals surface area contributed by atoms with Crippen LogP contribution in [-0.2, 0) is 18.1 Å². The number of aromatic nitrogens is 3. The van der Waals surface area contributed by atoms with Crippen LogP contribution >= 0.6 is 34.4 Å². The van der Waals surface area contributed by atoms with Gasteiger partial charge in [0.25, 0.3) is 0 Å². The van der Waals surface area contributed by atoms with Crippen molar-refractivity contribution < 1.29 is 26.3 Å². The molecule has 0 amide bonds. The van der Waals surface area contributed by atoms with Crippen molar-refractivity contribution in [2.45, 2.75) is 22.4 Å². The topological polar surface area (TPSA) is 38.7 Å². The van der Waals surface area contributed by atoms with E-state index in [9.17, 15) is 26.3 Å². The van der Waals surface area contributed by atoms with Gasteiger partial charge in [-0.3, -0.25) is 0 Å². The molecule has 0 radical (unpaired) electrons. The molecule has 3 rings (SSSR count). The van der Waals surface area contributed by atoms with Gasteiger partial charge < -0.3 is 0 Å². The van der Waals surface area contributed by atoms with Gasteiger partial charge in [0.1, 0.15) is 10.5 Å². The van der Waals surface area contributed by atoms with Gasteiger partial charge in [0.2, 0.25) is 0 Å². The van der Waals surface area contributed by atoms with Gasteiger partial charge in [-0.05, 0) is 18.2 Å². The first-order chi connectivity index (χ1) is 12.1. The average Bonchev–Trinajstić information content (AvgIpc) is 3.22. The Balaban J connectivity index is 1.90. The van der Waals surface area contributed by atoms with Gasteiger partial charge in [-0.2, -0.15) is 26.3 Å². The van der Waals surface area contributed by atoms with Crippen molar-refractivity contribution in [2.24, 2.45) is 0 Å². The van der Waals surface area contributed by atoms with Crippen LogP contribution in [0.3, 0.4) is 0 Å². The monoisotopic (exact) mass is 427 g/mol. The van der Waals surface area contributed by atoms with Gasteiger partial charge in [0.05, 0.1) is 22.6 Å². The third-order valence-corrected chi connectivity index (χ3v) is 6.00. The molecule has 138 valence electrons. The van der Waals surface area contributed by atoms with E-state index < -0.39 is 23.5 Å². The number of nitrogens with zero attached hydrogens (tertiary/aromatic N) is 3. The van der Waals surface area contributed by atoms with Gasteiger partial charge in [-0.15, -0.1) is 32.9 Å². The first kappa shape index (κ1) is 19.1. The number of hydrogen-bond donors (Lipinski definition) is 0. The van der Waals surface area contributed by atoms with Crippen LogP contribution in [0.1, 0.15) is 16.1 Å². The molecule has 0 fully saturated rings. The minimum absolute atomic E-state index is 0.0614. The molecule has 26 heavy (non-hydrogen) atoms. The quantitative estimate of drug-likeness (QED) is 0.379. The molecular formula is C14H7F6N3S3. The van der Waals surface area contributed by atoms with Gasteiger partial charge in [0.15, 0.2) is 4.34 Å². The average molecular weight is 427 g/mol. The molecule has 0 spiro atoms. The minimum atomic E-state index is -4.89. The molecule has 0 atom stereocenters. The van der Waals surface area contributed by atoms with Crippen molar-refractivity contribution in [3.8, 4) is 11.3 Å². The number of rotatable bonds is 4. The number of alkyl halides is 6. The summed E-state index contributed by atoms with van der Waals surface area (Å²) in [5, 5.41) is 9.70. The molecule has 0 saturated heterocycles. The van der Waals surface area contributed by atoms with E-state index >= 15 is 0 Å². The Morgan fingerprint density at radius 3 is 2.12 bits per heavy atom. The van der Waals surface area contributed by atoms with Gasteiger partial charge in [0, 0.05) is 10.9 Å². The molecule has 3 aromatic rings. The Hall–Kier alpha value is -1.66. The predicted octanol–water partition coefficient (Wildman–Crippen LogP) is 5.99. The Morgan fingerprint density at radius 2 is 1.58 bits per heavy atom. The zero-order valence-corrected chi connectivity index (χ0v) is 14.9. The van der Waals surface area contributed by atoms with Crippen LogP contribution in [0.15, 0.2) is 33.4 Å². The van der Waals surface area contributed by atoms with E-state index in [-0.39, 0.29) is 17.3 Å². The zero-order chi connectivity index (χ0) is 18.9. The summed E-state index contributed by atoms with van der Waals surface area (Å²) < 4.78 is 78.1. The standard InChI is InChI=1S/C14H7F6N3S3/c15-13(16,17)8-1-7(2-9(3-8)14(18,19)20)10-4-24-12(22-10)25-5-11-23-21-6-26-11/h1-4,6H,5H2. The van der Waals surface area contributed by atoms with E-state index in [1.54, 1.807) is 5.51 Å². The normalized spacial score (nSPS) is 12.5. The van der Waals surface area contributed by atoms with E-state index in [2.05, 4.69) is 15.2 Å². The summed E-state index contributed by atoms with van der Waals surface area (Å²) in [4.78, 5) is 4.13. The lowest BCUT2D eigenvalue weighted by molar-refractivity contribution is -0.143. The molecule has 0 aliphatic heterocycles. The van der Waals surface area contributed by atoms with E-state index in [1.165, 1.54) is 28.5 Å². The van der Waals surface area contributed by atoms with Crippen LogP contribution in [0.2, 0.25) is 0 Å². The lowest BCUT2D eigenvalue weighted by Crippen LogP contribution is -2.11. The Kier molecular flexibility index (Phi) is 5.26. The van der Waals surface area contributed by atoms with E-state index in [0.717, 1.165) is 16.3 Å².